The number of hydrogen-bond donors (Lipinski definition) is 0. The lowest BCUT2D eigenvalue weighted by Crippen LogP contribution is -2.56. The van der Waals surface area contributed by atoms with E-state index in [1.165, 1.54) is 12.3 Å². The Kier molecular flexibility index (Phi) is 8.28. The van der Waals surface area contributed by atoms with Gasteiger partial charge in [0.2, 0.25) is 0 Å². The summed E-state index contributed by atoms with van der Waals surface area (Å²) in [5, 5.41) is 0.430. The van der Waals surface area contributed by atoms with Crippen molar-refractivity contribution in [2.24, 2.45) is 0 Å². The van der Waals surface area contributed by atoms with Crippen LogP contribution in [0.2, 0.25) is 0 Å². The highest BCUT2D eigenvalue weighted by atomic mass is 79.9. The summed E-state index contributed by atoms with van der Waals surface area (Å²) >= 11 is 3.24. The molecule has 0 unspecified atom stereocenters. The van der Waals surface area contributed by atoms with E-state index >= 15 is 0 Å². The lowest BCUT2D eigenvalue weighted by Gasteiger charge is -2.36. The van der Waals surface area contributed by atoms with Gasteiger partial charge in [0.15, 0.2) is 0 Å². The largest absolute Gasteiger partial charge is 0.455 e. The van der Waals surface area contributed by atoms with Gasteiger partial charge in [0.1, 0.15) is 18.3 Å². The van der Waals surface area contributed by atoms with Crippen molar-refractivity contribution in [3.8, 4) is 11.5 Å². The van der Waals surface area contributed by atoms with Crippen molar-refractivity contribution in [3.63, 3.8) is 0 Å². The van der Waals surface area contributed by atoms with Crippen LogP contribution >= 0.6 is 15.9 Å². The Morgan fingerprint density at radius 1 is 1.03 bits per heavy atom. The van der Waals surface area contributed by atoms with E-state index in [4.69, 9.17) is 4.74 Å². The summed E-state index contributed by atoms with van der Waals surface area (Å²) in [6.07, 6.45) is -9.75. The van der Waals surface area contributed by atoms with Gasteiger partial charge in [-0.3, -0.25) is 9.97 Å². The van der Waals surface area contributed by atoms with Crippen LogP contribution in [-0.4, -0.2) is 36.2 Å². The summed E-state index contributed by atoms with van der Waals surface area (Å²) in [5.41, 5.74) is -5.45. The quantitative estimate of drug-likeness (QED) is 0.230. The number of nitrogens with zero attached hydrogens (tertiary/aromatic N) is 2. The lowest BCUT2D eigenvalue weighted by atomic mass is 9.96. The van der Waals surface area contributed by atoms with Gasteiger partial charge in [-0.25, -0.2) is 0 Å². The number of halogens is 7. The van der Waals surface area contributed by atoms with Crippen LogP contribution in [0, 0.1) is 0 Å². The van der Waals surface area contributed by atoms with Crippen LogP contribution < -0.4 is 4.74 Å². The standard InChI is InChI=1S/C19H19BrF6N2O3/c1-3-4-14-15(31-13-7-8-27-12(9-13)10-20)5-6-16(28-14)17(18(21,22)23,19(24,25)26)30-11-29-2/h5-9H,3-4,10-11H2,1-2H3. The predicted molar refractivity (Wildman–Crippen MR) is 102 cm³/mol. The monoisotopic (exact) mass is 516 g/mol. The molecule has 31 heavy (non-hydrogen) atoms. The average Bonchev–Trinajstić information content (AvgIpc) is 2.68. The van der Waals surface area contributed by atoms with Crippen molar-refractivity contribution in [2.45, 2.75) is 43.0 Å². The van der Waals surface area contributed by atoms with Gasteiger partial charge in [-0.2, -0.15) is 26.3 Å². The van der Waals surface area contributed by atoms with E-state index in [1.54, 1.807) is 13.0 Å². The molecule has 0 aliphatic heterocycles. The highest BCUT2D eigenvalue weighted by Gasteiger charge is 2.74. The van der Waals surface area contributed by atoms with Crippen molar-refractivity contribution in [2.75, 3.05) is 13.9 Å². The van der Waals surface area contributed by atoms with Crippen molar-refractivity contribution in [1.29, 1.82) is 0 Å². The number of alkyl halides is 7. The molecule has 0 fully saturated rings. The first-order valence-electron chi connectivity index (χ1n) is 8.95. The van der Waals surface area contributed by atoms with Gasteiger partial charge < -0.3 is 14.2 Å². The molecule has 12 heteroatoms. The molecular weight excluding hydrogens is 498 g/mol. The Morgan fingerprint density at radius 2 is 1.71 bits per heavy atom. The first-order valence-corrected chi connectivity index (χ1v) is 10.1. The number of hydrogen-bond acceptors (Lipinski definition) is 5. The third-order valence-electron chi connectivity index (χ3n) is 4.12. The number of rotatable bonds is 9. The number of aryl methyl sites for hydroxylation is 1. The predicted octanol–water partition coefficient (Wildman–Crippen LogP) is 6.06. The van der Waals surface area contributed by atoms with Crippen LogP contribution in [0.15, 0.2) is 30.5 Å². The van der Waals surface area contributed by atoms with E-state index in [9.17, 15) is 26.3 Å². The number of aromatic nitrogens is 2. The van der Waals surface area contributed by atoms with Crippen molar-refractivity contribution in [3.05, 3.63) is 47.5 Å². The van der Waals surface area contributed by atoms with Gasteiger partial charge in [0.05, 0.1) is 17.1 Å². The Hall–Kier alpha value is -1.92. The third-order valence-corrected chi connectivity index (χ3v) is 4.70. The Bertz CT molecular complexity index is 862. The van der Waals surface area contributed by atoms with E-state index in [-0.39, 0.29) is 17.9 Å². The molecule has 0 aromatic carbocycles. The molecule has 2 rings (SSSR count). The van der Waals surface area contributed by atoms with Crippen LogP contribution in [0.3, 0.4) is 0 Å². The fraction of sp³-hybridized carbons (Fsp3) is 0.474. The second kappa shape index (κ2) is 10.1. The molecule has 172 valence electrons. The van der Waals surface area contributed by atoms with Crippen LogP contribution in [-0.2, 0) is 26.8 Å². The highest BCUT2D eigenvalue weighted by molar-refractivity contribution is 9.08. The molecule has 0 bridgehead atoms. The minimum Gasteiger partial charge on any atom is -0.455 e. The van der Waals surface area contributed by atoms with Crippen molar-refractivity contribution >= 4 is 15.9 Å². The lowest BCUT2D eigenvalue weighted by molar-refractivity contribution is -0.401. The van der Waals surface area contributed by atoms with Crippen molar-refractivity contribution in [1.82, 2.24) is 9.97 Å². The van der Waals surface area contributed by atoms with Gasteiger partial charge in [0, 0.05) is 24.7 Å². The molecular formula is C19H19BrF6N2O3. The summed E-state index contributed by atoms with van der Waals surface area (Å²) in [7, 11) is 0.917. The van der Waals surface area contributed by atoms with Gasteiger partial charge >= 0.3 is 18.0 Å². The maximum Gasteiger partial charge on any atom is 0.432 e. The van der Waals surface area contributed by atoms with Gasteiger partial charge in [0.25, 0.3) is 0 Å². The molecule has 5 nitrogen and oxygen atoms in total. The fourth-order valence-electron chi connectivity index (χ4n) is 2.75. The summed E-state index contributed by atoms with van der Waals surface area (Å²) < 4.78 is 96.7. The first-order chi connectivity index (χ1) is 14.5. The van der Waals surface area contributed by atoms with Crippen LogP contribution in [0.25, 0.3) is 0 Å². The number of methoxy groups -OCH3 is 1. The van der Waals surface area contributed by atoms with Gasteiger partial charge in [-0.05, 0) is 24.6 Å². The zero-order chi connectivity index (χ0) is 23.3. The number of ether oxygens (including phenoxy) is 3. The summed E-state index contributed by atoms with van der Waals surface area (Å²) in [4.78, 5) is 7.76. The average molecular weight is 517 g/mol. The summed E-state index contributed by atoms with van der Waals surface area (Å²) in [6, 6.07) is 4.70. The molecule has 0 radical (unpaired) electrons. The normalized spacial score (nSPS) is 12.8. The number of pyridine rings is 2. The summed E-state index contributed by atoms with van der Waals surface area (Å²) in [5.74, 6) is 0.340. The molecule has 0 saturated heterocycles. The van der Waals surface area contributed by atoms with E-state index in [2.05, 4.69) is 35.4 Å². The van der Waals surface area contributed by atoms with E-state index in [0.29, 0.717) is 29.3 Å². The molecule has 0 aliphatic rings. The van der Waals surface area contributed by atoms with Gasteiger partial charge in [-0.15, -0.1) is 0 Å². The third kappa shape index (κ3) is 5.47. The second-order valence-corrected chi connectivity index (χ2v) is 6.90. The van der Waals surface area contributed by atoms with Crippen LogP contribution in [0.5, 0.6) is 11.5 Å². The SMILES string of the molecule is CCCc1nc(C(OCOC)(C(F)(F)F)C(F)(F)F)ccc1Oc1ccnc(CBr)c1. The minimum atomic E-state index is -5.85. The topological polar surface area (TPSA) is 53.5 Å². The Balaban J connectivity index is 2.60. The maximum atomic E-state index is 13.7. The molecule has 2 aromatic heterocycles. The zero-order valence-corrected chi connectivity index (χ0v) is 18.1. The van der Waals surface area contributed by atoms with E-state index in [0.717, 1.165) is 13.2 Å². The van der Waals surface area contributed by atoms with E-state index in [1.807, 2.05) is 0 Å². The molecule has 0 amide bonds. The molecule has 0 aliphatic carbocycles. The molecule has 0 N–H and O–H groups in total. The van der Waals surface area contributed by atoms with Crippen LogP contribution in [0.1, 0.15) is 30.4 Å². The minimum absolute atomic E-state index is 0.0299. The van der Waals surface area contributed by atoms with Gasteiger partial charge in [-0.1, -0.05) is 29.3 Å². The highest BCUT2D eigenvalue weighted by Crippen LogP contribution is 2.52. The molecule has 0 atom stereocenters. The molecule has 2 heterocycles. The smallest absolute Gasteiger partial charge is 0.432 e. The van der Waals surface area contributed by atoms with Crippen molar-refractivity contribution < 1.29 is 40.6 Å². The fourth-order valence-corrected chi connectivity index (χ4v) is 3.06. The molecule has 0 saturated carbocycles. The Labute approximate surface area is 182 Å². The Morgan fingerprint density at radius 3 is 2.26 bits per heavy atom. The zero-order valence-electron chi connectivity index (χ0n) is 16.5. The maximum absolute atomic E-state index is 13.7. The van der Waals surface area contributed by atoms with E-state index < -0.39 is 30.4 Å². The first kappa shape index (κ1) is 25.3. The molecule has 2 aromatic rings. The summed E-state index contributed by atoms with van der Waals surface area (Å²) in [6.45, 7) is 0.462. The second-order valence-electron chi connectivity index (χ2n) is 6.34. The molecule has 0 spiro atoms. The van der Waals surface area contributed by atoms with Crippen LogP contribution in [0.4, 0.5) is 26.3 Å².